The molecule has 0 radical (unpaired) electrons. The molecule has 14 heavy (non-hydrogen) atoms. The maximum absolute atomic E-state index is 11.4. The number of aliphatic carboxylic acids is 1. The minimum Gasteiger partial charge on any atom is -0.481 e. The quantitative estimate of drug-likeness (QED) is 0.498. The Balaban J connectivity index is 2.25. The smallest absolute Gasteiger partial charge is 0.310 e. The monoisotopic (exact) mass is 196 g/mol. The number of cyclic esters (lactones) is 1. The van der Waals surface area contributed by atoms with Crippen molar-refractivity contribution in [2.24, 2.45) is 17.8 Å². The SMILES string of the molecule is O=C1OCC[C@@H]2C=CC[C@H](C(=O)O)[C@H]12. The molecule has 3 atom stereocenters. The molecule has 1 saturated heterocycles. The maximum Gasteiger partial charge on any atom is 0.310 e. The normalized spacial score (nSPS) is 36.0. The number of hydrogen-bond donors (Lipinski definition) is 1. The van der Waals surface area contributed by atoms with Crippen LogP contribution in [0, 0.1) is 17.8 Å². The zero-order chi connectivity index (χ0) is 10.1. The molecule has 76 valence electrons. The van der Waals surface area contributed by atoms with Crippen LogP contribution in [0.25, 0.3) is 0 Å². The Hall–Kier alpha value is -1.32. The van der Waals surface area contributed by atoms with E-state index in [0.717, 1.165) is 6.42 Å². The number of carboxylic acid groups (broad SMARTS) is 1. The molecular formula is C10H12O4. The highest BCUT2D eigenvalue weighted by Gasteiger charge is 2.43. The van der Waals surface area contributed by atoms with Crippen LogP contribution in [-0.2, 0) is 14.3 Å². The molecule has 1 aliphatic carbocycles. The predicted molar refractivity (Wildman–Crippen MR) is 47.4 cm³/mol. The third-order valence-electron chi connectivity index (χ3n) is 2.95. The van der Waals surface area contributed by atoms with Gasteiger partial charge in [0.1, 0.15) is 0 Å². The van der Waals surface area contributed by atoms with Crippen molar-refractivity contribution in [2.45, 2.75) is 12.8 Å². The molecule has 0 spiro atoms. The van der Waals surface area contributed by atoms with Crippen LogP contribution in [-0.4, -0.2) is 23.7 Å². The Morgan fingerprint density at radius 2 is 2.36 bits per heavy atom. The van der Waals surface area contributed by atoms with Gasteiger partial charge in [-0.2, -0.15) is 0 Å². The second-order valence-electron chi connectivity index (χ2n) is 3.75. The number of carbonyl (C=O) groups excluding carboxylic acids is 1. The molecule has 0 aromatic rings. The van der Waals surface area contributed by atoms with Crippen LogP contribution >= 0.6 is 0 Å². The van der Waals surface area contributed by atoms with Crippen LogP contribution in [0.15, 0.2) is 12.2 Å². The molecule has 1 fully saturated rings. The summed E-state index contributed by atoms with van der Waals surface area (Å²) in [4.78, 5) is 22.3. The van der Waals surface area contributed by atoms with Crippen molar-refractivity contribution < 1.29 is 19.4 Å². The van der Waals surface area contributed by atoms with Crippen LogP contribution in [0.4, 0.5) is 0 Å². The summed E-state index contributed by atoms with van der Waals surface area (Å²) >= 11 is 0. The third kappa shape index (κ3) is 1.41. The average Bonchev–Trinajstić information content (AvgIpc) is 2.17. The largest absolute Gasteiger partial charge is 0.481 e. The Morgan fingerprint density at radius 1 is 1.57 bits per heavy atom. The Bertz CT molecular complexity index is 294. The predicted octanol–water partition coefficient (Wildman–Crippen LogP) is 0.826. The number of carboxylic acids is 1. The third-order valence-corrected chi connectivity index (χ3v) is 2.95. The molecule has 0 bridgehead atoms. The van der Waals surface area contributed by atoms with Gasteiger partial charge in [0.05, 0.1) is 18.4 Å². The highest BCUT2D eigenvalue weighted by molar-refractivity contribution is 5.82. The Morgan fingerprint density at radius 3 is 3.07 bits per heavy atom. The molecule has 2 rings (SSSR count). The lowest BCUT2D eigenvalue weighted by Gasteiger charge is -2.34. The van der Waals surface area contributed by atoms with E-state index < -0.39 is 17.8 Å². The molecule has 4 heteroatoms. The van der Waals surface area contributed by atoms with Gasteiger partial charge < -0.3 is 9.84 Å². The van der Waals surface area contributed by atoms with E-state index >= 15 is 0 Å². The fourth-order valence-electron chi connectivity index (χ4n) is 2.23. The minimum absolute atomic E-state index is 0.0612. The molecule has 0 aromatic heterocycles. The summed E-state index contributed by atoms with van der Waals surface area (Å²) < 4.78 is 4.89. The van der Waals surface area contributed by atoms with Crippen LogP contribution in [0.3, 0.4) is 0 Å². The second kappa shape index (κ2) is 3.44. The van der Waals surface area contributed by atoms with E-state index in [0.29, 0.717) is 13.0 Å². The first-order valence-electron chi connectivity index (χ1n) is 4.76. The van der Waals surface area contributed by atoms with Gasteiger partial charge in [-0.25, -0.2) is 0 Å². The van der Waals surface area contributed by atoms with Gasteiger partial charge in [-0.15, -0.1) is 0 Å². The van der Waals surface area contributed by atoms with Crippen molar-refractivity contribution in [2.75, 3.05) is 6.61 Å². The highest BCUT2D eigenvalue weighted by Crippen LogP contribution is 2.36. The van der Waals surface area contributed by atoms with Crippen molar-refractivity contribution in [1.29, 1.82) is 0 Å². The lowest BCUT2D eigenvalue weighted by molar-refractivity contribution is -0.165. The highest BCUT2D eigenvalue weighted by atomic mass is 16.5. The van der Waals surface area contributed by atoms with Gasteiger partial charge in [0, 0.05) is 0 Å². The summed E-state index contributed by atoms with van der Waals surface area (Å²) in [5, 5.41) is 8.95. The van der Waals surface area contributed by atoms with E-state index in [-0.39, 0.29) is 11.9 Å². The molecule has 2 aliphatic rings. The summed E-state index contributed by atoms with van der Waals surface area (Å²) in [6, 6.07) is 0. The first kappa shape index (κ1) is 9.24. The van der Waals surface area contributed by atoms with E-state index in [1.165, 1.54) is 0 Å². The molecule has 0 saturated carbocycles. The number of rotatable bonds is 1. The average molecular weight is 196 g/mol. The summed E-state index contributed by atoms with van der Waals surface area (Å²) in [6.45, 7) is 0.413. The van der Waals surface area contributed by atoms with Crippen molar-refractivity contribution in [3.8, 4) is 0 Å². The van der Waals surface area contributed by atoms with Crippen molar-refractivity contribution in [1.82, 2.24) is 0 Å². The fourth-order valence-corrected chi connectivity index (χ4v) is 2.23. The van der Waals surface area contributed by atoms with E-state index in [9.17, 15) is 9.59 Å². The van der Waals surface area contributed by atoms with Crippen molar-refractivity contribution in [3.63, 3.8) is 0 Å². The van der Waals surface area contributed by atoms with Crippen molar-refractivity contribution in [3.05, 3.63) is 12.2 Å². The van der Waals surface area contributed by atoms with Crippen LogP contribution in [0.5, 0.6) is 0 Å². The van der Waals surface area contributed by atoms with Gasteiger partial charge in [-0.05, 0) is 18.8 Å². The topological polar surface area (TPSA) is 63.6 Å². The Kier molecular flexibility index (Phi) is 2.27. The second-order valence-corrected chi connectivity index (χ2v) is 3.75. The van der Waals surface area contributed by atoms with Gasteiger partial charge in [-0.3, -0.25) is 9.59 Å². The standard InChI is InChI=1S/C10H12O4/c11-9(12)7-3-1-2-6-4-5-14-10(13)8(6)7/h1-2,6-8H,3-5H2,(H,11,12)/t6-,7-,8+/m0/s1. The summed E-state index contributed by atoms with van der Waals surface area (Å²) in [5.41, 5.74) is 0. The molecule has 0 amide bonds. The van der Waals surface area contributed by atoms with Crippen LogP contribution in [0.2, 0.25) is 0 Å². The molecule has 0 aromatic carbocycles. The van der Waals surface area contributed by atoms with E-state index in [1.54, 1.807) is 0 Å². The number of ether oxygens (including phenoxy) is 1. The van der Waals surface area contributed by atoms with Gasteiger partial charge >= 0.3 is 11.9 Å². The maximum atomic E-state index is 11.4. The minimum atomic E-state index is -0.900. The zero-order valence-corrected chi connectivity index (χ0v) is 7.68. The van der Waals surface area contributed by atoms with Gasteiger partial charge in [0.2, 0.25) is 0 Å². The van der Waals surface area contributed by atoms with Crippen molar-refractivity contribution >= 4 is 11.9 Å². The molecule has 1 aliphatic heterocycles. The van der Waals surface area contributed by atoms with E-state index in [4.69, 9.17) is 9.84 Å². The van der Waals surface area contributed by atoms with Gasteiger partial charge in [-0.1, -0.05) is 12.2 Å². The number of carbonyl (C=O) groups is 2. The number of esters is 1. The molecule has 1 heterocycles. The molecular weight excluding hydrogens is 184 g/mol. The summed E-state index contributed by atoms with van der Waals surface area (Å²) in [6.07, 6.45) is 4.99. The molecule has 1 N–H and O–H groups in total. The Labute approximate surface area is 81.6 Å². The van der Waals surface area contributed by atoms with E-state index in [1.807, 2.05) is 12.2 Å². The lowest BCUT2D eigenvalue weighted by atomic mass is 9.73. The summed E-state index contributed by atoms with van der Waals surface area (Å²) in [5.74, 6) is -2.25. The molecule has 0 unspecified atom stereocenters. The molecule has 4 nitrogen and oxygen atoms in total. The zero-order valence-electron chi connectivity index (χ0n) is 7.68. The number of fused-ring (bicyclic) bond motifs is 1. The van der Waals surface area contributed by atoms with Crippen LogP contribution in [0.1, 0.15) is 12.8 Å². The van der Waals surface area contributed by atoms with Gasteiger partial charge in [0.25, 0.3) is 0 Å². The number of allylic oxidation sites excluding steroid dienone is 2. The van der Waals surface area contributed by atoms with E-state index in [2.05, 4.69) is 0 Å². The first-order valence-corrected chi connectivity index (χ1v) is 4.76. The first-order chi connectivity index (χ1) is 6.70. The number of hydrogen-bond acceptors (Lipinski definition) is 3. The summed E-state index contributed by atoms with van der Waals surface area (Å²) in [7, 11) is 0. The van der Waals surface area contributed by atoms with Crippen LogP contribution < -0.4 is 0 Å². The van der Waals surface area contributed by atoms with Gasteiger partial charge in [0.15, 0.2) is 0 Å². The lowest BCUT2D eigenvalue weighted by Crippen LogP contribution is -2.41. The fraction of sp³-hybridized carbons (Fsp3) is 0.600.